The van der Waals surface area contributed by atoms with Crippen molar-refractivity contribution in [3.8, 4) is 11.8 Å². The average molecular weight is 351 g/mol. The lowest BCUT2D eigenvalue weighted by molar-refractivity contribution is -0.132. The van der Waals surface area contributed by atoms with Crippen molar-refractivity contribution in [3.63, 3.8) is 0 Å². The number of aryl methyl sites for hydroxylation is 1. The Morgan fingerprint density at radius 2 is 1.92 bits per heavy atom. The van der Waals surface area contributed by atoms with Crippen LogP contribution in [0.2, 0.25) is 0 Å². The van der Waals surface area contributed by atoms with Gasteiger partial charge in [-0.05, 0) is 25.1 Å². The molecule has 1 amide bonds. The van der Waals surface area contributed by atoms with Crippen molar-refractivity contribution >= 4 is 11.9 Å². The zero-order valence-corrected chi connectivity index (χ0v) is 14.8. The molecule has 0 bridgehead atoms. The maximum atomic E-state index is 12.3. The third-order valence-electron chi connectivity index (χ3n) is 4.20. The van der Waals surface area contributed by atoms with E-state index in [1.807, 2.05) is 47.1 Å². The molecular weight excluding hydrogens is 330 g/mol. The van der Waals surface area contributed by atoms with Gasteiger partial charge in [0.15, 0.2) is 0 Å². The van der Waals surface area contributed by atoms with Gasteiger partial charge in [0, 0.05) is 31.9 Å². The van der Waals surface area contributed by atoms with Gasteiger partial charge >= 0.3 is 0 Å². The number of para-hydroxylation sites is 1. The van der Waals surface area contributed by atoms with Crippen molar-refractivity contribution in [3.05, 3.63) is 47.8 Å². The lowest BCUT2D eigenvalue weighted by Crippen LogP contribution is -2.49. The molecule has 0 spiro atoms. The summed E-state index contributed by atoms with van der Waals surface area (Å²) in [5.41, 5.74) is 1.13. The van der Waals surface area contributed by atoms with Gasteiger partial charge in [0.25, 0.3) is 0 Å². The van der Waals surface area contributed by atoms with Crippen LogP contribution < -0.4 is 9.64 Å². The van der Waals surface area contributed by atoms with E-state index >= 15 is 0 Å². The van der Waals surface area contributed by atoms with Gasteiger partial charge in [0.1, 0.15) is 17.5 Å². The topological polar surface area (TPSA) is 82.4 Å². The van der Waals surface area contributed by atoms with E-state index in [4.69, 9.17) is 10.00 Å². The Morgan fingerprint density at radius 1 is 1.19 bits per heavy atom. The summed E-state index contributed by atoms with van der Waals surface area (Å²) in [6.07, 6.45) is 0.356. The Kier molecular flexibility index (Phi) is 5.64. The standard InChI is InChI=1S/C19H21N5O2/c1-15-13-16(14-20)22-19(21-15)24-10-8-23(9-11-24)18(25)7-12-26-17-5-3-2-4-6-17/h2-6,13H,7-12H2,1H3. The number of amides is 1. The highest BCUT2D eigenvalue weighted by Gasteiger charge is 2.22. The van der Waals surface area contributed by atoms with Crippen LogP contribution in [0, 0.1) is 18.3 Å². The normalized spacial score (nSPS) is 14.0. The number of nitrogens with zero attached hydrogens (tertiary/aromatic N) is 5. The number of ether oxygens (including phenoxy) is 1. The summed E-state index contributed by atoms with van der Waals surface area (Å²) in [5, 5.41) is 9.04. The van der Waals surface area contributed by atoms with E-state index in [1.165, 1.54) is 0 Å². The lowest BCUT2D eigenvalue weighted by atomic mass is 10.3. The molecule has 2 heterocycles. The van der Waals surface area contributed by atoms with Crippen molar-refractivity contribution in [1.29, 1.82) is 5.26 Å². The molecule has 0 unspecified atom stereocenters. The van der Waals surface area contributed by atoms with Gasteiger partial charge in [-0.25, -0.2) is 9.97 Å². The zero-order chi connectivity index (χ0) is 18.4. The van der Waals surface area contributed by atoms with Crippen LogP contribution in [0.3, 0.4) is 0 Å². The van der Waals surface area contributed by atoms with Gasteiger partial charge in [0.05, 0.1) is 13.0 Å². The van der Waals surface area contributed by atoms with Crippen molar-refractivity contribution in [2.75, 3.05) is 37.7 Å². The van der Waals surface area contributed by atoms with E-state index < -0.39 is 0 Å². The molecule has 7 nitrogen and oxygen atoms in total. The molecule has 1 saturated heterocycles. The second-order valence-electron chi connectivity index (χ2n) is 6.09. The number of aromatic nitrogens is 2. The fraction of sp³-hybridized carbons (Fsp3) is 0.368. The predicted octanol–water partition coefficient (Wildman–Crippen LogP) is 1.77. The second kappa shape index (κ2) is 8.30. The Hall–Kier alpha value is -3.14. The highest BCUT2D eigenvalue weighted by Crippen LogP contribution is 2.14. The molecule has 0 radical (unpaired) electrons. The Labute approximate surface area is 152 Å². The number of benzene rings is 1. The molecule has 0 N–H and O–H groups in total. The smallest absolute Gasteiger partial charge is 0.226 e. The van der Waals surface area contributed by atoms with Gasteiger partial charge in [-0.2, -0.15) is 5.26 Å². The summed E-state index contributed by atoms with van der Waals surface area (Å²) < 4.78 is 5.59. The molecular formula is C19H21N5O2. The molecule has 1 aliphatic heterocycles. The van der Waals surface area contributed by atoms with Crippen LogP contribution in [0.15, 0.2) is 36.4 Å². The fourth-order valence-electron chi connectivity index (χ4n) is 2.84. The van der Waals surface area contributed by atoms with Gasteiger partial charge in [-0.15, -0.1) is 0 Å². The molecule has 0 aliphatic carbocycles. The van der Waals surface area contributed by atoms with Crippen molar-refractivity contribution < 1.29 is 9.53 Å². The highest BCUT2D eigenvalue weighted by molar-refractivity contribution is 5.76. The Morgan fingerprint density at radius 3 is 2.62 bits per heavy atom. The maximum Gasteiger partial charge on any atom is 0.226 e. The quantitative estimate of drug-likeness (QED) is 0.816. The largest absolute Gasteiger partial charge is 0.493 e. The summed E-state index contributed by atoms with van der Waals surface area (Å²) in [4.78, 5) is 24.8. The first-order valence-corrected chi connectivity index (χ1v) is 8.62. The summed E-state index contributed by atoms with van der Waals surface area (Å²) in [5.74, 6) is 1.42. The number of anilines is 1. The number of hydrogen-bond donors (Lipinski definition) is 0. The van der Waals surface area contributed by atoms with Crippen LogP contribution in [0.4, 0.5) is 5.95 Å². The fourth-order valence-corrected chi connectivity index (χ4v) is 2.84. The first kappa shape index (κ1) is 17.7. The molecule has 1 fully saturated rings. The van der Waals surface area contributed by atoms with E-state index in [0.29, 0.717) is 50.8 Å². The number of rotatable bonds is 5. The van der Waals surface area contributed by atoms with E-state index in [0.717, 1.165) is 11.4 Å². The van der Waals surface area contributed by atoms with Crippen LogP contribution in [0.5, 0.6) is 5.75 Å². The van der Waals surface area contributed by atoms with Crippen LogP contribution in [0.25, 0.3) is 0 Å². The molecule has 3 rings (SSSR count). The summed E-state index contributed by atoms with van der Waals surface area (Å²) in [6, 6.07) is 13.2. The average Bonchev–Trinajstić information content (AvgIpc) is 2.68. The number of piperazine rings is 1. The molecule has 1 aromatic heterocycles. The van der Waals surface area contributed by atoms with Gasteiger partial charge < -0.3 is 14.5 Å². The SMILES string of the molecule is Cc1cc(C#N)nc(N2CCN(C(=O)CCOc3ccccc3)CC2)n1. The minimum absolute atomic E-state index is 0.0865. The summed E-state index contributed by atoms with van der Waals surface area (Å²) >= 11 is 0. The van der Waals surface area contributed by atoms with Crippen molar-refractivity contribution in [2.45, 2.75) is 13.3 Å². The molecule has 134 valence electrons. The van der Waals surface area contributed by atoms with E-state index in [9.17, 15) is 4.79 Å². The Balaban J connectivity index is 1.48. The minimum Gasteiger partial charge on any atom is -0.493 e. The number of nitriles is 1. The maximum absolute atomic E-state index is 12.3. The molecule has 0 atom stereocenters. The van der Waals surface area contributed by atoms with Gasteiger partial charge in [-0.3, -0.25) is 4.79 Å². The van der Waals surface area contributed by atoms with E-state index in [1.54, 1.807) is 6.07 Å². The molecule has 26 heavy (non-hydrogen) atoms. The van der Waals surface area contributed by atoms with Crippen LogP contribution in [-0.4, -0.2) is 53.6 Å². The van der Waals surface area contributed by atoms with Crippen molar-refractivity contribution in [1.82, 2.24) is 14.9 Å². The van der Waals surface area contributed by atoms with Crippen molar-refractivity contribution in [2.24, 2.45) is 0 Å². The van der Waals surface area contributed by atoms with Crippen LogP contribution >= 0.6 is 0 Å². The molecule has 7 heteroatoms. The molecule has 2 aromatic rings. The molecule has 0 saturated carbocycles. The van der Waals surface area contributed by atoms with Crippen LogP contribution in [0.1, 0.15) is 17.8 Å². The number of hydrogen-bond acceptors (Lipinski definition) is 6. The zero-order valence-electron chi connectivity index (χ0n) is 14.8. The van der Waals surface area contributed by atoms with Gasteiger partial charge in [-0.1, -0.05) is 18.2 Å². The first-order valence-electron chi connectivity index (χ1n) is 8.62. The number of carbonyl (C=O) groups is 1. The second-order valence-corrected chi connectivity index (χ2v) is 6.09. The lowest BCUT2D eigenvalue weighted by Gasteiger charge is -2.34. The third-order valence-corrected chi connectivity index (χ3v) is 4.20. The summed E-state index contributed by atoms with van der Waals surface area (Å²) in [6.45, 7) is 4.75. The monoisotopic (exact) mass is 351 g/mol. The van der Waals surface area contributed by atoms with Crippen LogP contribution in [-0.2, 0) is 4.79 Å². The molecule has 1 aromatic carbocycles. The van der Waals surface area contributed by atoms with E-state index in [2.05, 4.69) is 16.0 Å². The van der Waals surface area contributed by atoms with E-state index in [-0.39, 0.29) is 5.91 Å². The number of carbonyl (C=O) groups excluding carboxylic acids is 1. The Bertz CT molecular complexity index is 795. The third kappa shape index (κ3) is 4.48. The molecule has 1 aliphatic rings. The first-order chi connectivity index (χ1) is 12.7. The summed E-state index contributed by atoms with van der Waals surface area (Å²) in [7, 11) is 0. The van der Waals surface area contributed by atoms with Gasteiger partial charge in [0.2, 0.25) is 11.9 Å². The predicted molar refractivity (Wildman–Crippen MR) is 96.8 cm³/mol. The highest BCUT2D eigenvalue weighted by atomic mass is 16.5. The minimum atomic E-state index is 0.0865.